The third-order valence-electron chi connectivity index (χ3n) is 8.03. The fourth-order valence-corrected chi connectivity index (χ4v) is 5.71. The minimum Gasteiger partial charge on any atom is -0.493 e. The minimum atomic E-state index is -1.10. The first kappa shape index (κ1) is 26.6. The van der Waals surface area contributed by atoms with Gasteiger partial charge in [0.1, 0.15) is 16.9 Å². The predicted octanol–water partition coefficient (Wildman–Crippen LogP) is 4.31. The second-order valence-corrected chi connectivity index (χ2v) is 10.5. The second-order valence-electron chi connectivity index (χ2n) is 10.5. The van der Waals surface area contributed by atoms with E-state index in [-0.39, 0.29) is 24.2 Å². The Bertz CT molecular complexity index is 1470. The van der Waals surface area contributed by atoms with Crippen LogP contribution >= 0.6 is 12.4 Å². The Balaban J connectivity index is 0.00000308. The Morgan fingerprint density at radius 2 is 1.54 bits per heavy atom. The number of rotatable bonds is 9. The van der Waals surface area contributed by atoms with Gasteiger partial charge in [-0.1, -0.05) is 0 Å². The van der Waals surface area contributed by atoms with Crippen molar-refractivity contribution in [3.63, 3.8) is 0 Å². The molecule has 1 aromatic heterocycles. The van der Waals surface area contributed by atoms with Gasteiger partial charge in [-0.2, -0.15) is 0 Å². The summed E-state index contributed by atoms with van der Waals surface area (Å²) in [5.41, 5.74) is -1.01. The highest BCUT2D eigenvalue weighted by molar-refractivity contribution is 6.13. The first-order valence-corrected chi connectivity index (χ1v) is 12.4. The number of methoxy groups -OCH3 is 2. The lowest BCUT2D eigenvalue weighted by atomic mass is 9.39. The van der Waals surface area contributed by atoms with Gasteiger partial charge in [0.25, 0.3) is 0 Å². The van der Waals surface area contributed by atoms with Crippen LogP contribution in [0, 0.1) is 10.8 Å². The number of fused-ring (bicyclic) bond motifs is 1. The zero-order chi connectivity index (χ0) is 26.7. The Morgan fingerprint density at radius 1 is 0.897 bits per heavy atom. The van der Waals surface area contributed by atoms with Crippen molar-refractivity contribution in [3.05, 3.63) is 48.7 Å². The summed E-state index contributed by atoms with van der Waals surface area (Å²) in [6, 6.07) is 12.2. The molecule has 3 N–H and O–H groups in total. The van der Waals surface area contributed by atoms with Crippen LogP contribution in [-0.4, -0.2) is 47.6 Å². The standard InChI is InChI=1S/C28H27N3O7.ClH/c1-36-21-11-18-19(12-22(21)37-2)29-10-7-20(18)38-17-5-3-16(4-6-17)30-23(32)28(8-9-28)24(33)31-27-13-26(14-27,15-27)25(34)35;/h3-7,10-12H,8-9,13-15H2,1-2H3,(H,30,32)(H,31,33)(H,34,35);1H. The van der Waals surface area contributed by atoms with Gasteiger partial charge >= 0.3 is 5.97 Å². The van der Waals surface area contributed by atoms with Crippen LogP contribution in [0.5, 0.6) is 23.0 Å². The summed E-state index contributed by atoms with van der Waals surface area (Å²) >= 11 is 0. The summed E-state index contributed by atoms with van der Waals surface area (Å²) in [5.74, 6) is 0.788. The topological polar surface area (TPSA) is 136 Å². The lowest BCUT2D eigenvalue weighted by Crippen LogP contribution is -2.77. The molecule has 4 aliphatic carbocycles. The van der Waals surface area contributed by atoms with E-state index in [1.165, 1.54) is 0 Å². The van der Waals surface area contributed by atoms with E-state index < -0.39 is 22.3 Å². The molecule has 0 saturated heterocycles. The van der Waals surface area contributed by atoms with Crippen LogP contribution in [0.4, 0.5) is 5.69 Å². The molecule has 10 nitrogen and oxygen atoms in total. The van der Waals surface area contributed by atoms with Crippen LogP contribution in [0.3, 0.4) is 0 Å². The van der Waals surface area contributed by atoms with Gasteiger partial charge in [0.05, 0.1) is 25.2 Å². The predicted molar refractivity (Wildman–Crippen MR) is 144 cm³/mol. The Kier molecular flexibility index (Phi) is 6.33. The molecule has 1 heterocycles. The summed E-state index contributed by atoms with van der Waals surface area (Å²) in [7, 11) is 3.13. The zero-order valence-corrected chi connectivity index (χ0v) is 22.2. The van der Waals surface area contributed by atoms with E-state index in [1.807, 2.05) is 0 Å². The second kappa shape index (κ2) is 9.30. The number of ether oxygens (including phenoxy) is 3. The number of carboxylic acid groups (broad SMARTS) is 1. The lowest BCUT2D eigenvalue weighted by molar-refractivity contribution is -0.200. The van der Waals surface area contributed by atoms with Crippen molar-refractivity contribution in [1.29, 1.82) is 0 Å². The van der Waals surface area contributed by atoms with Gasteiger partial charge in [-0.05, 0) is 68.5 Å². The van der Waals surface area contributed by atoms with Gasteiger partial charge in [0.2, 0.25) is 11.8 Å². The van der Waals surface area contributed by atoms with E-state index in [4.69, 9.17) is 14.2 Å². The van der Waals surface area contributed by atoms with Crippen LogP contribution in [0.2, 0.25) is 0 Å². The number of amides is 2. The number of nitrogens with zero attached hydrogens (tertiary/aromatic N) is 1. The summed E-state index contributed by atoms with van der Waals surface area (Å²) < 4.78 is 16.8. The Morgan fingerprint density at radius 3 is 2.13 bits per heavy atom. The van der Waals surface area contributed by atoms with Crippen LogP contribution in [0.15, 0.2) is 48.7 Å². The maximum atomic E-state index is 13.0. The molecule has 2 amide bonds. The third kappa shape index (κ3) is 4.28. The van der Waals surface area contributed by atoms with Crippen molar-refractivity contribution in [1.82, 2.24) is 10.3 Å². The average Bonchev–Trinajstić information content (AvgIpc) is 3.68. The molecule has 0 spiro atoms. The summed E-state index contributed by atoms with van der Waals surface area (Å²) in [4.78, 5) is 41.7. The van der Waals surface area contributed by atoms with Crippen molar-refractivity contribution in [3.8, 4) is 23.0 Å². The number of anilines is 1. The molecular formula is C28H28ClN3O7. The molecule has 204 valence electrons. The molecule has 4 saturated carbocycles. The monoisotopic (exact) mass is 553 g/mol. The fraction of sp³-hybridized carbons (Fsp3) is 0.357. The van der Waals surface area contributed by atoms with Crippen molar-refractivity contribution in [2.24, 2.45) is 10.8 Å². The van der Waals surface area contributed by atoms with Crippen LogP contribution in [0.25, 0.3) is 10.9 Å². The minimum absolute atomic E-state index is 0. The number of carbonyl (C=O) groups excluding carboxylic acids is 2. The molecule has 0 atom stereocenters. The largest absolute Gasteiger partial charge is 0.493 e. The highest BCUT2D eigenvalue weighted by atomic mass is 35.5. The van der Waals surface area contributed by atoms with Crippen molar-refractivity contribution in [2.75, 3.05) is 19.5 Å². The fourth-order valence-electron chi connectivity index (χ4n) is 5.71. The molecular weight excluding hydrogens is 526 g/mol. The number of pyridine rings is 1. The number of hydrogen-bond donors (Lipinski definition) is 3. The van der Waals surface area contributed by atoms with Gasteiger partial charge in [0.15, 0.2) is 11.5 Å². The number of benzene rings is 2. The number of carboxylic acids is 1. The molecule has 0 unspecified atom stereocenters. The highest BCUT2D eigenvalue weighted by Gasteiger charge is 2.73. The summed E-state index contributed by atoms with van der Waals surface area (Å²) in [5, 5.41) is 15.9. The number of aliphatic carboxylic acids is 1. The number of nitrogens with one attached hydrogen (secondary N) is 2. The highest BCUT2D eigenvalue weighted by Crippen LogP contribution is 2.67. The molecule has 7 rings (SSSR count). The lowest BCUT2D eigenvalue weighted by Gasteiger charge is -2.68. The first-order chi connectivity index (χ1) is 18.2. The van der Waals surface area contributed by atoms with Crippen LogP contribution in [-0.2, 0) is 14.4 Å². The zero-order valence-electron chi connectivity index (χ0n) is 21.4. The van der Waals surface area contributed by atoms with Gasteiger partial charge in [-0.3, -0.25) is 19.4 Å². The maximum absolute atomic E-state index is 13.0. The van der Waals surface area contributed by atoms with E-state index in [0.717, 1.165) is 5.39 Å². The molecule has 11 heteroatoms. The van der Waals surface area contributed by atoms with E-state index in [9.17, 15) is 19.5 Å². The molecule has 4 aliphatic rings. The molecule has 0 aliphatic heterocycles. The van der Waals surface area contributed by atoms with Crippen molar-refractivity contribution >= 4 is 46.8 Å². The van der Waals surface area contributed by atoms with E-state index >= 15 is 0 Å². The van der Waals surface area contributed by atoms with E-state index in [1.54, 1.807) is 62.9 Å². The maximum Gasteiger partial charge on any atom is 0.309 e. The normalized spacial score (nSPS) is 23.2. The quantitative estimate of drug-likeness (QED) is 0.333. The molecule has 3 aromatic rings. The molecule has 0 radical (unpaired) electrons. The van der Waals surface area contributed by atoms with Crippen molar-refractivity contribution < 1.29 is 33.7 Å². The molecule has 2 aromatic carbocycles. The summed E-state index contributed by atoms with van der Waals surface area (Å²) in [6.45, 7) is 0. The molecule has 39 heavy (non-hydrogen) atoms. The Labute approximate surface area is 230 Å². The number of aromatic nitrogens is 1. The molecule has 4 fully saturated rings. The number of hydrogen-bond acceptors (Lipinski definition) is 7. The van der Waals surface area contributed by atoms with Crippen molar-refractivity contribution in [2.45, 2.75) is 37.6 Å². The third-order valence-corrected chi connectivity index (χ3v) is 8.03. The average molecular weight is 554 g/mol. The van der Waals surface area contributed by atoms with Gasteiger partial charge in [-0.25, -0.2) is 0 Å². The van der Waals surface area contributed by atoms with E-state index in [0.29, 0.717) is 66.3 Å². The van der Waals surface area contributed by atoms with E-state index in [2.05, 4.69) is 15.6 Å². The van der Waals surface area contributed by atoms with Gasteiger partial charge < -0.3 is 30.0 Å². The SMILES string of the molecule is COc1cc2nccc(Oc3ccc(NC(=O)C4(C(=O)NC56CC(C(=O)O)(C5)C6)CC4)cc3)c2cc1OC.Cl. The summed E-state index contributed by atoms with van der Waals surface area (Å²) in [6.07, 6.45) is 3.89. The smallest absolute Gasteiger partial charge is 0.309 e. The number of halogens is 1. The molecule has 2 bridgehead atoms. The van der Waals surface area contributed by atoms with Gasteiger partial charge in [-0.15, -0.1) is 12.4 Å². The van der Waals surface area contributed by atoms with Gasteiger partial charge in [0, 0.05) is 28.9 Å². The first-order valence-electron chi connectivity index (χ1n) is 12.4. The van der Waals surface area contributed by atoms with Crippen LogP contribution < -0.4 is 24.8 Å². The van der Waals surface area contributed by atoms with Crippen LogP contribution in [0.1, 0.15) is 32.1 Å². The Hall–Kier alpha value is -4.05. The number of carbonyl (C=O) groups is 3.